The molecule has 0 aliphatic rings. The van der Waals surface area contributed by atoms with Crippen LogP contribution < -0.4 is 5.32 Å². The predicted molar refractivity (Wildman–Crippen MR) is 77.2 cm³/mol. The molecule has 1 aromatic heterocycles. The number of methoxy groups -OCH3 is 1. The molecule has 0 atom stereocenters. The van der Waals surface area contributed by atoms with Gasteiger partial charge < -0.3 is 10.1 Å². The van der Waals surface area contributed by atoms with Gasteiger partial charge in [-0.15, -0.1) is 11.8 Å². The molecule has 104 valence electrons. The smallest absolute Gasteiger partial charge is 0.0984 e. The van der Waals surface area contributed by atoms with Crippen LogP contribution in [0.5, 0.6) is 0 Å². The first-order chi connectivity index (χ1) is 8.70. The van der Waals surface area contributed by atoms with Crippen molar-refractivity contribution in [2.45, 2.75) is 38.3 Å². The van der Waals surface area contributed by atoms with Crippen molar-refractivity contribution in [2.75, 3.05) is 26.0 Å². The molecule has 0 fully saturated rings. The number of nitrogens with zero attached hydrogens (tertiary/aromatic N) is 2. The number of rotatable bonds is 9. The summed E-state index contributed by atoms with van der Waals surface area (Å²) in [6, 6.07) is 0. The SMILES string of the molecule is CCCNCc1c(C)nn(C)c1SCCCOC. The van der Waals surface area contributed by atoms with Crippen molar-refractivity contribution in [1.29, 1.82) is 0 Å². The van der Waals surface area contributed by atoms with Gasteiger partial charge >= 0.3 is 0 Å². The van der Waals surface area contributed by atoms with E-state index in [1.807, 2.05) is 23.5 Å². The molecule has 1 rings (SSSR count). The molecule has 18 heavy (non-hydrogen) atoms. The monoisotopic (exact) mass is 271 g/mol. The Labute approximate surface area is 114 Å². The van der Waals surface area contributed by atoms with E-state index in [0.717, 1.165) is 44.0 Å². The largest absolute Gasteiger partial charge is 0.385 e. The van der Waals surface area contributed by atoms with Crippen molar-refractivity contribution < 1.29 is 4.74 Å². The first-order valence-electron chi connectivity index (χ1n) is 6.55. The third kappa shape index (κ3) is 4.63. The zero-order valence-corrected chi connectivity index (χ0v) is 12.8. The minimum Gasteiger partial charge on any atom is -0.385 e. The van der Waals surface area contributed by atoms with Gasteiger partial charge in [0.05, 0.1) is 10.7 Å². The summed E-state index contributed by atoms with van der Waals surface area (Å²) < 4.78 is 7.07. The number of hydrogen-bond acceptors (Lipinski definition) is 4. The summed E-state index contributed by atoms with van der Waals surface area (Å²) in [6.07, 6.45) is 2.24. The van der Waals surface area contributed by atoms with Crippen LogP contribution in [-0.2, 0) is 18.3 Å². The van der Waals surface area contributed by atoms with Gasteiger partial charge in [-0.3, -0.25) is 4.68 Å². The van der Waals surface area contributed by atoms with E-state index in [1.165, 1.54) is 10.6 Å². The fraction of sp³-hybridized carbons (Fsp3) is 0.769. The van der Waals surface area contributed by atoms with Crippen LogP contribution in [0, 0.1) is 6.92 Å². The first-order valence-corrected chi connectivity index (χ1v) is 7.54. The van der Waals surface area contributed by atoms with Crippen LogP contribution in [0.4, 0.5) is 0 Å². The molecule has 1 heterocycles. The van der Waals surface area contributed by atoms with Crippen LogP contribution in [0.15, 0.2) is 5.03 Å². The Balaban J connectivity index is 2.57. The van der Waals surface area contributed by atoms with E-state index >= 15 is 0 Å². The number of aryl methyl sites for hydroxylation is 2. The molecular weight excluding hydrogens is 246 g/mol. The van der Waals surface area contributed by atoms with Gasteiger partial charge in [-0.1, -0.05) is 6.92 Å². The highest BCUT2D eigenvalue weighted by Crippen LogP contribution is 2.25. The maximum atomic E-state index is 5.08. The minimum atomic E-state index is 0.827. The van der Waals surface area contributed by atoms with Crippen LogP contribution in [0.2, 0.25) is 0 Å². The van der Waals surface area contributed by atoms with Crippen LogP contribution >= 0.6 is 11.8 Å². The average molecular weight is 271 g/mol. The van der Waals surface area contributed by atoms with Crippen LogP contribution in [0.25, 0.3) is 0 Å². The Kier molecular flexibility index (Phi) is 7.39. The highest BCUT2D eigenvalue weighted by Gasteiger charge is 2.12. The van der Waals surface area contributed by atoms with E-state index in [1.54, 1.807) is 7.11 Å². The van der Waals surface area contributed by atoms with E-state index < -0.39 is 0 Å². The number of aromatic nitrogens is 2. The molecule has 0 saturated carbocycles. The summed E-state index contributed by atoms with van der Waals surface area (Å²) in [4.78, 5) is 0. The van der Waals surface area contributed by atoms with Crippen molar-refractivity contribution in [3.8, 4) is 0 Å². The normalized spacial score (nSPS) is 11.1. The van der Waals surface area contributed by atoms with Crippen LogP contribution in [0.1, 0.15) is 31.0 Å². The third-order valence-electron chi connectivity index (χ3n) is 2.75. The molecule has 0 bridgehead atoms. The zero-order chi connectivity index (χ0) is 13.4. The third-order valence-corrected chi connectivity index (χ3v) is 4.03. The van der Waals surface area contributed by atoms with Crippen molar-refractivity contribution in [1.82, 2.24) is 15.1 Å². The molecule has 0 radical (unpaired) electrons. The Morgan fingerprint density at radius 1 is 1.44 bits per heavy atom. The second kappa shape index (κ2) is 8.56. The van der Waals surface area contributed by atoms with Gasteiger partial charge in [0, 0.05) is 38.6 Å². The lowest BCUT2D eigenvalue weighted by molar-refractivity contribution is 0.200. The number of thioether (sulfide) groups is 1. The fourth-order valence-corrected chi connectivity index (χ4v) is 2.90. The molecule has 0 amide bonds. The number of ether oxygens (including phenoxy) is 1. The van der Waals surface area contributed by atoms with E-state index in [4.69, 9.17) is 4.74 Å². The van der Waals surface area contributed by atoms with E-state index in [-0.39, 0.29) is 0 Å². The Bertz CT molecular complexity index is 352. The molecule has 0 aromatic carbocycles. The lowest BCUT2D eigenvalue weighted by Gasteiger charge is -2.07. The van der Waals surface area contributed by atoms with Gasteiger partial charge in [0.15, 0.2) is 0 Å². The molecule has 5 heteroatoms. The Hall–Kier alpha value is -0.520. The minimum absolute atomic E-state index is 0.827. The number of hydrogen-bond donors (Lipinski definition) is 1. The Morgan fingerprint density at radius 3 is 2.89 bits per heavy atom. The highest BCUT2D eigenvalue weighted by molar-refractivity contribution is 7.99. The summed E-state index contributed by atoms with van der Waals surface area (Å²) in [5, 5.41) is 9.25. The molecular formula is C13H25N3OS. The number of nitrogens with one attached hydrogen (secondary N) is 1. The van der Waals surface area contributed by atoms with E-state index in [0.29, 0.717) is 0 Å². The van der Waals surface area contributed by atoms with E-state index in [2.05, 4.69) is 24.3 Å². The standard InChI is InChI=1S/C13H25N3OS/c1-5-7-14-10-12-11(2)15-16(3)13(12)18-9-6-8-17-4/h14H,5-10H2,1-4H3. The lowest BCUT2D eigenvalue weighted by Crippen LogP contribution is -2.14. The zero-order valence-electron chi connectivity index (χ0n) is 12.0. The molecule has 0 aliphatic heterocycles. The summed E-state index contributed by atoms with van der Waals surface area (Å²) in [7, 11) is 3.77. The first kappa shape index (κ1) is 15.5. The summed E-state index contributed by atoms with van der Waals surface area (Å²) >= 11 is 1.87. The average Bonchev–Trinajstić information content (AvgIpc) is 2.61. The van der Waals surface area contributed by atoms with Gasteiger partial charge in [0.1, 0.15) is 0 Å². The van der Waals surface area contributed by atoms with Crippen molar-refractivity contribution >= 4 is 11.8 Å². The molecule has 0 spiro atoms. The molecule has 1 aromatic rings. The molecule has 0 aliphatic carbocycles. The van der Waals surface area contributed by atoms with Crippen LogP contribution in [-0.4, -0.2) is 35.8 Å². The van der Waals surface area contributed by atoms with Crippen molar-refractivity contribution in [3.05, 3.63) is 11.3 Å². The topological polar surface area (TPSA) is 39.1 Å². The van der Waals surface area contributed by atoms with Gasteiger partial charge in [0.25, 0.3) is 0 Å². The molecule has 4 nitrogen and oxygen atoms in total. The summed E-state index contributed by atoms with van der Waals surface area (Å²) in [6.45, 7) is 7.07. The summed E-state index contributed by atoms with van der Waals surface area (Å²) in [5.74, 6) is 1.08. The lowest BCUT2D eigenvalue weighted by atomic mass is 10.2. The predicted octanol–water partition coefficient (Wildman–Crippen LogP) is 2.36. The quantitative estimate of drug-likeness (QED) is 0.553. The maximum Gasteiger partial charge on any atom is 0.0984 e. The van der Waals surface area contributed by atoms with Crippen molar-refractivity contribution in [2.24, 2.45) is 7.05 Å². The maximum absolute atomic E-state index is 5.08. The molecule has 0 saturated heterocycles. The second-order valence-corrected chi connectivity index (χ2v) is 5.45. The van der Waals surface area contributed by atoms with Gasteiger partial charge in [-0.05, 0) is 26.3 Å². The van der Waals surface area contributed by atoms with Gasteiger partial charge in [0.2, 0.25) is 0 Å². The fourth-order valence-electron chi connectivity index (χ4n) is 1.83. The van der Waals surface area contributed by atoms with Gasteiger partial charge in [-0.2, -0.15) is 5.10 Å². The van der Waals surface area contributed by atoms with Crippen molar-refractivity contribution in [3.63, 3.8) is 0 Å². The van der Waals surface area contributed by atoms with Crippen LogP contribution in [0.3, 0.4) is 0 Å². The van der Waals surface area contributed by atoms with Gasteiger partial charge in [-0.25, -0.2) is 0 Å². The second-order valence-electron chi connectivity index (χ2n) is 4.36. The molecule has 0 unspecified atom stereocenters. The summed E-state index contributed by atoms with van der Waals surface area (Å²) in [5.41, 5.74) is 2.48. The van der Waals surface area contributed by atoms with E-state index in [9.17, 15) is 0 Å². The Morgan fingerprint density at radius 2 is 2.22 bits per heavy atom. The highest BCUT2D eigenvalue weighted by atomic mass is 32.2. The molecule has 1 N–H and O–H groups in total.